The van der Waals surface area contributed by atoms with Gasteiger partial charge in [-0.1, -0.05) is 29.3 Å². The number of carbonyl (C=O) groups excluding carboxylic acids is 2. The number of sulfone groups is 1. The first kappa shape index (κ1) is 31.2. The Morgan fingerprint density at radius 3 is 2.42 bits per heavy atom. The van der Waals surface area contributed by atoms with Crippen molar-refractivity contribution >= 4 is 45.0 Å². The summed E-state index contributed by atoms with van der Waals surface area (Å²) in [6.45, 7) is 0.443. The molecule has 0 unspecified atom stereocenters. The van der Waals surface area contributed by atoms with Gasteiger partial charge in [-0.05, 0) is 56.4 Å². The minimum absolute atomic E-state index is 0.227. The van der Waals surface area contributed by atoms with Gasteiger partial charge in [0.25, 0.3) is 0 Å². The lowest BCUT2D eigenvalue weighted by Gasteiger charge is -2.29. The van der Waals surface area contributed by atoms with Crippen molar-refractivity contribution in [1.29, 1.82) is 5.26 Å². The summed E-state index contributed by atoms with van der Waals surface area (Å²) in [5.41, 5.74) is -1.50. The number of alkyl carbamates (subject to hydrolysis) is 1. The van der Waals surface area contributed by atoms with Gasteiger partial charge >= 0.3 is 12.3 Å². The number of nitrogens with one attached hydrogen (secondary N) is 1. The normalized spacial score (nSPS) is 22.7. The smallest absolute Gasteiger partial charge is 0.425 e. The average molecular weight is 661 g/mol. The van der Waals surface area contributed by atoms with E-state index in [1.54, 1.807) is 6.07 Å². The monoisotopic (exact) mass is 660 g/mol. The number of alkyl halides is 3. The number of benzene rings is 1. The number of rotatable bonds is 8. The first-order valence-corrected chi connectivity index (χ1v) is 15.5. The van der Waals surface area contributed by atoms with Gasteiger partial charge in [-0.15, -0.1) is 0 Å². The van der Waals surface area contributed by atoms with Crippen LogP contribution in [0, 0.1) is 11.3 Å². The number of amides is 2. The van der Waals surface area contributed by atoms with Crippen LogP contribution in [-0.2, 0) is 24.8 Å². The molecule has 2 heterocycles. The summed E-state index contributed by atoms with van der Waals surface area (Å²) >= 11 is 12.1. The van der Waals surface area contributed by atoms with Crippen LogP contribution in [0.2, 0.25) is 10.2 Å². The molecule has 1 N–H and O–H groups in total. The van der Waals surface area contributed by atoms with E-state index >= 15 is 0 Å². The molecular formula is C27H25Cl2F3N4O6S. The summed E-state index contributed by atoms with van der Waals surface area (Å²) in [6, 6.07) is 8.25. The number of aromatic nitrogens is 1. The number of nitriles is 1. The first-order valence-electron chi connectivity index (χ1n) is 13.2. The molecule has 0 bridgehead atoms. The fraction of sp³-hybridized carbons (Fsp3) is 0.481. The van der Waals surface area contributed by atoms with Crippen LogP contribution in [0.15, 0.2) is 41.4 Å². The molecule has 2 aliphatic carbocycles. The van der Waals surface area contributed by atoms with Crippen molar-refractivity contribution in [2.24, 2.45) is 0 Å². The molecule has 16 heteroatoms. The zero-order chi connectivity index (χ0) is 31.4. The SMILES string of the molecule is C[C@H](Oc1ccc(S(=O)(=O)[C@@H]2C[C@H](OC(=O)NC3(C#N)CC3)N(C(=O)C3(c4ccc(Cl)nc4)CC3)C2)c(Cl)c1)C(F)(F)F. The molecular weight excluding hydrogens is 636 g/mol. The van der Waals surface area contributed by atoms with E-state index in [1.807, 2.05) is 6.07 Å². The van der Waals surface area contributed by atoms with Crippen LogP contribution in [0.5, 0.6) is 5.75 Å². The van der Waals surface area contributed by atoms with Crippen LogP contribution >= 0.6 is 23.2 Å². The van der Waals surface area contributed by atoms with Crippen molar-refractivity contribution in [2.75, 3.05) is 6.54 Å². The number of ether oxygens (including phenoxy) is 2. The van der Waals surface area contributed by atoms with Crippen LogP contribution in [0.3, 0.4) is 0 Å². The molecule has 3 fully saturated rings. The van der Waals surface area contributed by atoms with E-state index in [2.05, 4.69) is 10.3 Å². The van der Waals surface area contributed by atoms with Gasteiger partial charge in [0.15, 0.2) is 22.2 Å². The molecule has 1 aromatic heterocycles. The van der Waals surface area contributed by atoms with E-state index in [4.69, 9.17) is 32.7 Å². The summed E-state index contributed by atoms with van der Waals surface area (Å²) in [5.74, 6) is -0.752. The van der Waals surface area contributed by atoms with E-state index in [-0.39, 0.29) is 33.8 Å². The molecule has 3 atom stereocenters. The third-order valence-corrected chi connectivity index (χ3v) is 10.7. The molecule has 2 amide bonds. The van der Waals surface area contributed by atoms with Gasteiger partial charge in [0.05, 0.1) is 26.7 Å². The highest BCUT2D eigenvalue weighted by Crippen LogP contribution is 2.51. The van der Waals surface area contributed by atoms with Crippen molar-refractivity contribution in [3.05, 3.63) is 52.3 Å². The van der Waals surface area contributed by atoms with E-state index in [1.165, 1.54) is 17.2 Å². The predicted octanol–water partition coefficient (Wildman–Crippen LogP) is 4.93. The summed E-state index contributed by atoms with van der Waals surface area (Å²) in [5, 5.41) is 10.4. The Kier molecular flexibility index (Phi) is 7.98. The number of pyridine rings is 1. The lowest BCUT2D eigenvalue weighted by atomic mass is 9.96. The Hall–Kier alpha value is -3.28. The summed E-state index contributed by atoms with van der Waals surface area (Å²) < 4.78 is 76.6. The Morgan fingerprint density at radius 1 is 1.19 bits per heavy atom. The van der Waals surface area contributed by atoms with Gasteiger partial charge in [0, 0.05) is 25.2 Å². The summed E-state index contributed by atoms with van der Waals surface area (Å²) in [7, 11) is -4.30. The topological polar surface area (TPSA) is 139 Å². The largest absolute Gasteiger partial charge is 0.481 e. The molecule has 1 aromatic carbocycles. The molecule has 230 valence electrons. The van der Waals surface area contributed by atoms with Crippen molar-refractivity contribution in [3.63, 3.8) is 0 Å². The second-order valence-corrected chi connectivity index (χ2v) is 13.9. The second kappa shape index (κ2) is 11.0. The quantitative estimate of drug-likeness (QED) is 0.393. The molecule has 5 rings (SSSR count). The van der Waals surface area contributed by atoms with Crippen LogP contribution in [-0.4, -0.2) is 66.1 Å². The Bertz CT molecular complexity index is 1590. The fourth-order valence-electron chi connectivity index (χ4n) is 4.97. The lowest BCUT2D eigenvalue weighted by molar-refractivity contribution is -0.189. The Morgan fingerprint density at radius 2 is 1.88 bits per heavy atom. The van der Waals surface area contributed by atoms with E-state index in [0.29, 0.717) is 31.2 Å². The molecule has 3 aliphatic rings. The van der Waals surface area contributed by atoms with Gasteiger partial charge in [-0.3, -0.25) is 4.79 Å². The molecule has 2 aromatic rings. The van der Waals surface area contributed by atoms with Crippen molar-refractivity contribution in [1.82, 2.24) is 15.2 Å². The second-order valence-electron chi connectivity index (χ2n) is 10.9. The maximum Gasteiger partial charge on any atom is 0.425 e. The van der Waals surface area contributed by atoms with E-state index in [9.17, 15) is 36.4 Å². The zero-order valence-corrected chi connectivity index (χ0v) is 24.9. The number of nitrogens with zero attached hydrogens (tertiary/aromatic N) is 3. The van der Waals surface area contributed by atoms with Gasteiger partial charge in [0.2, 0.25) is 5.91 Å². The minimum atomic E-state index is -4.65. The maximum absolute atomic E-state index is 13.9. The van der Waals surface area contributed by atoms with E-state index < -0.39 is 56.5 Å². The number of carbonyl (C=O) groups is 2. The number of halogens is 5. The standard InChI is InChI=1S/C27H25Cl2F3N4O6S/c1-15(27(30,31)32)41-17-3-4-20(19(28)10-17)43(39,40)18-11-22(42-24(38)35-25(14-33)6-7-25)36(13-18)23(37)26(8-9-26)16-2-5-21(29)34-12-16/h2-5,10,12,15,18,22H,6-9,11,13H2,1H3,(H,35,38)/t15-,18+,22-/m0/s1. The lowest BCUT2D eigenvalue weighted by Crippen LogP contribution is -2.47. The zero-order valence-electron chi connectivity index (χ0n) is 22.5. The fourth-order valence-corrected chi connectivity index (χ4v) is 7.30. The van der Waals surface area contributed by atoms with Crippen molar-refractivity contribution < 1.29 is 40.7 Å². The highest BCUT2D eigenvalue weighted by molar-refractivity contribution is 7.92. The average Bonchev–Trinajstić information content (AvgIpc) is 3.85. The third-order valence-electron chi connectivity index (χ3n) is 7.88. The molecule has 1 saturated heterocycles. The molecule has 0 spiro atoms. The van der Waals surface area contributed by atoms with Crippen LogP contribution in [0.25, 0.3) is 0 Å². The third kappa shape index (κ3) is 6.21. The minimum Gasteiger partial charge on any atom is -0.481 e. The Labute approximate surface area is 255 Å². The van der Waals surface area contributed by atoms with E-state index in [0.717, 1.165) is 25.1 Å². The number of likely N-dealkylation sites (tertiary alicyclic amines) is 1. The van der Waals surface area contributed by atoms with Gasteiger partial charge in [-0.2, -0.15) is 18.4 Å². The van der Waals surface area contributed by atoms with Crippen LogP contribution in [0.1, 0.15) is 44.6 Å². The van der Waals surface area contributed by atoms with Crippen LogP contribution in [0.4, 0.5) is 18.0 Å². The predicted molar refractivity (Wildman–Crippen MR) is 146 cm³/mol. The molecule has 2 saturated carbocycles. The first-order chi connectivity index (χ1) is 20.1. The molecule has 10 nitrogen and oxygen atoms in total. The molecule has 1 aliphatic heterocycles. The maximum atomic E-state index is 13.9. The highest BCUT2D eigenvalue weighted by Gasteiger charge is 2.57. The van der Waals surface area contributed by atoms with Gasteiger partial charge < -0.3 is 19.7 Å². The molecule has 43 heavy (non-hydrogen) atoms. The van der Waals surface area contributed by atoms with Crippen molar-refractivity contribution in [3.8, 4) is 11.8 Å². The van der Waals surface area contributed by atoms with Gasteiger partial charge in [-0.25, -0.2) is 18.2 Å². The number of hydrogen-bond acceptors (Lipinski definition) is 8. The molecule has 0 radical (unpaired) electrons. The summed E-state index contributed by atoms with van der Waals surface area (Å²) in [6.07, 6.45) is -6.18. The number of hydrogen-bond donors (Lipinski definition) is 1. The summed E-state index contributed by atoms with van der Waals surface area (Å²) in [4.78, 5) is 31.5. The van der Waals surface area contributed by atoms with Crippen LogP contribution < -0.4 is 10.1 Å². The highest BCUT2D eigenvalue weighted by atomic mass is 35.5. The Balaban J connectivity index is 1.41. The van der Waals surface area contributed by atoms with Gasteiger partial charge in [0.1, 0.15) is 16.4 Å². The van der Waals surface area contributed by atoms with Crippen molar-refractivity contribution in [2.45, 2.75) is 78.6 Å².